The van der Waals surface area contributed by atoms with Crippen molar-refractivity contribution in [2.45, 2.75) is 186 Å². The smallest absolute Gasteiger partial charge is 0.432 e. The van der Waals surface area contributed by atoms with E-state index in [1.807, 2.05) is 0 Å². The minimum atomic E-state index is -6.66. The van der Waals surface area contributed by atoms with Crippen LogP contribution < -0.4 is 21.2 Å². The summed E-state index contributed by atoms with van der Waals surface area (Å²) in [5.74, 6) is -3.38. The molecule has 0 aliphatic rings. The highest BCUT2D eigenvalue weighted by Crippen LogP contribution is 2.41. The van der Waals surface area contributed by atoms with E-state index in [-0.39, 0.29) is 85.5 Å². The number of alkyl halides is 10. The van der Waals surface area contributed by atoms with E-state index in [2.05, 4.69) is 191 Å². The summed E-state index contributed by atoms with van der Waals surface area (Å²) in [5.41, 5.74) is 0.214. The van der Waals surface area contributed by atoms with Crippen LogP contribution in [0.1, 0.15) is 137 Å². The lowest BCUT2D eigenvalue weighted by Gasteiger charge is -2.32. The van der Waals surface area contributed by atoms with E-state index < -0.39 is 78.1 Å². The number of esters is 2. The van der Waals surface area contributed by atoms with Gasteiger partial charge in [0.15, 0.2) is 42.1 Å². The number of ether oxygens (including phenoxy) is 2. The zero-order chi connectivity index (χ0) is 61.7. The molecule has 0 fully saturated rings. The molecule has 0 aliphatic heterocycles. The predicted octanol–water partition coefficient (Wildman–Crippen LogP) is 13.8. The monoisotopic (exact) mass is 1370 g/mol. The first-order chi connectivity index (χ1) is 36.3. The van der Waals surface area contributed by atoms with E-state index in [1.165, 1.54) is 46.8 Å². The van der Waals surface area contributed by atoms with Crippen molar-refractivity contribution in [2.24, 2.45) is 10.8 Å². The Labute approximate surface area is 505 Å². The van der Waals surface area contributed by atoms with Crippen molar-refractivity contribution in [3.8, 4) is 0 Å². The molecule has 0 amide bonds. The predicted molar refractivity (Wildman–Crippen MR) is 305 cm³/mol. The van der Waals surface area contributed by atoms with Gasteiger partial charge in [-0.15, -0.1) is 0 Å². The number of rotatable bonds is 15. The molecule has 10 nitrogen and oxygen atoms in total. The van der Waals surface area contributed by atoms with E-state index in [4.69, 9.17) is 0 Å². The molecule has 0 spiro atoms. The molecule has 2 unspecified atom stereocenters. The second kappa shape index (κ2) is 32.8. The third-order valence-corrected chi connectivity index (χ3v) is 18.4. The molecular weight excluding hydrogens is 1290 g/mol. The molecule has 5 rings (SSSR count). The standard InChI is InChI=1S/C20H26I.C18H15S.2C9H13F5O5S.4CH4/c1-19(2,3)15-7-11-17(12-8-15)21-18-13-9-16(10-14-18)20(4,5)6;1-4-10-16(11-5-1)19(17-12-6-2-7-13-17)18-14-8-3-9-15-18;2*1-4-7(2,3)6(15)19-5(8(10,11)12)9(13,14)20(16,17)18;;;;/h7-14H,1-6H3;1-15H;2*5H,4H2,1-3H3,(H,16,17,18);4*1H4/q2*+1;;;;;;/p-2. The van der Waals surface area contributed by atoms with Gasteiger partial charge in [-0.1, -0.05) is 164 Å². The van der Waals surface area contributed by atoms with Crippen molar-refractivity contribution in [2.75, 3.05) is 0 Å². The summed E-state index contributed by atoms with van der Waals surface area (Å²) in [4.78, 5) is 26.8. The molecule has 5 aromatic rings. The van der Waals surface area contributed by atoms with E-state index >= 15 is 0 Å². The van der Waals surface area contributed by atoms with Gasteiger partial charge in [0.2, 0.25) is 0 Å². The number of benzene rings is 5. The van der Waals surface area contributed by atoms with Crippen molar-refractivity contribution in [1.29, 1.82) is 0 Å². The first kappa shape index (κ1) is 83.5. The maximum absolute atomic E-state index is 13.0. The second-order valence-corrected chi connectivity index (χ2v) is 29.0. The van der Waals surface area contributed by atoms with Crippen LogP contribution in [0.2, 0.25) is 0 Å². The van der Waals surface area contributed by atoms with Crippen molar-refractivity contribution < 1.29 is 110 Å². The SMILES string of the molecule is C.C.C.C.CC(C)(C)c1ccc([I+]c2ccc(C(C)(C)C)cc2)cc1.CCC(C)(C)C(=O)OC(C(F)(F)F)C(F)(F)S(=O)(=O)[O-].CCC(C)(C)C(=O)OC(C(F)(F)F)C(F)(F)S(=O)(=O)[O-].c1ccc([S+](c2ccccc2)c2ccccc2)cc1. The molecule has 0 aliphatic carbocycles. The topological polar surface area (TPSA) is 167 Å². The van der Waals surface area contributed by atoms with Gasteiger partial charge < -0.3 is 18.6 Å². The fourth-order valence-electron chi connectivity index (χ4n) is 5.97. The highest BCUT2D eigenvalue weighted by molar-refractivity contribution is 7.97. The van der Waals surface area contributed by atoms with E-state index in [1.54, 1.807) is 0 Å². The van der Waals surface area contributed by atoms with Gasteiger partial charge >= 0.3 is 56.0 Å². The maximum Gasteiger partial charge on any atom is 0.432 e. The normalized spacial score (nSPS) is 13.1. The molecule has 0 aromatic heterocycles. The van der Waals surface area contributed by atoms with Crippen LogP contribution in [0.15, 0.2) is 154 Å². The zero-order valence-electron chi connectivity index (χ0n) is 45.8. The minimum Gasteiger partial charge on any atom is -0.743 e. The van der Waals surface area contributed by atoms with Crippen LogP contribution in [-0.2, 0) is 61.0 Å². The van der Waals surface area contributed by atoms with Crippen molar-refractivity contribution in [1.82, 2.24) is 0 Å². The number of carbonyl (C=O) groups excluding carboxylic acids is 2. The zero-order valence-corrected chi connectivity index (χ0v) is 50.4. The third-order valence-electron chi connectivity index (χ3n) is 11.8. The van der Waals surface area contributed by atoms with E-state index in [9.17, 15) is 79.4 Å². The number of halogens is 11. The van der Waals surface area contributed by atoms with Crippen LogP contribution >= 0.6 is 0 Å². The van der Waals surface area contributed by atoms with Crippen LogP contribution in [0, 0.1) is 18.0 Å². The summed E-state index contributed by atoms with van der Waals surface area (Å²) in [6, 6.07) is 50.6. The molecule has 2 atom stereocenters. The van der Waals surface area contributed by atoms with Gasteiger partial charge in [0.1, 0.15) is 0 Å². The Bertz CT molecular complexity index is 2730. The molecule has 476 valence electrons. The Morgan fingerprint density at radius 2 is 0.667 bits per heavy atom. The highest BCUT2D eigenvalue weighted by atomic mass is 127. The first-order valence-electron chi connectivity index (χ1n) is 24.2. The number of hydrogen-bond donors (Lipinski definition) is 0. The van der Waals surface area contributed by atoms with Gasteiger partial charge in [-0.2, -0.15) is 43.9 Å². The van der Waals surface area contributed by atoms with Crippen molar-refractivity contribution in [3.63, 3.8) is 0 Å². The second-order valence-electron chi connectivity index (χ2n) is 21.0. The minimum absolute atomic E-state index is 0. The lowest BCUT2D eigenvalue weighted by molar-refractivity contribution is -0.597. The summed E-state index contributed by atoms with van der Waals surface area (Å²) < 4.78 is 198. The molecule has 84 heavy (non-hydrogen) atoms. The van der Waals surface area contributed by atoms with Crippen LogP contribution in [0.3, 0.4) is 0 Å². The molecule has 5 aromatic carbocycles. The van der Waals surface area contributed by atoms with Crippen LogP contribution in [0.25, 0.3) is 0 Å². The van der Waals surface area contributed by atoms with Gasteiger partial charge in [-0.25, -0.2) is 16.8 Å². The summed E-state index contributed by atoms with van der Waals surface area (Å²) in [6.07, 6.45) is -20.6. The molecule has 0 N–H and O–H groups in total. The molecular formula is C60H81F10IO10S3. The van der Waals surface area contributed by atoms with E-state index in [0.29, 0.717) is 0 Å². The Kier molecular flexibility index (Phi) is 32.6. The average molecular weight is 1380 g/mol. The molecule has 0 saturated carbocycles. The molecule has 24 heteroatoms. The Hall–Kier alpha value is -4.76. The average Bonchev–Trinajstić information content (AvgIpc) is 3.36. The third kappa shape index (κ3) is 24.5. The lowest BCUT2D eigenvalue weighted by Crippen LogP contribution is -3.61. The summed E-state index contributed by atoms with van der Waals surface area (Å²) in [6.45, 7) is 20.8. The van der Waals surface area contributed by atoms with Crippen molar-refractivity contribution in [3.05, 3.63) is 158 Å². The molecule has 0 radical (unpaired) electrons. The van der Waals surface area contributed by atoms with E-state index in [0.717, 1.165) is 27.7 Å². The number of hydrogen-bond acceptors (Lipinski definition) is 10. The Balaban J connectivity index is -0.00000103. The fraction of sp³-hybridized carbons (Fsp3) is 0.467. The highest BCUT2D eigenvalue weighted by Gasteiger charge is 2.64. The first-order valence-corrected chi connectivity index (χ1v) is 30.4. The Morgan fingerprint density at radius 3 is 0.845 bits per heavy atom. The molecule has 0 heterocycles. The van der Waals surface area contributed by atoms with Gasteiger partial charge in [0.25, 0.3) is 12.2 Å². The van der Waals surface area contributed by atoms with Crippen LogP contribution in [0.4, 0.5) is 43.9 Å². The quantitative estimate of drug-likeness (QED) is 0.0323. The lowest BCUT2D eigenvalue weighted by atomic mass is 9.87. The van der Waals surface area contributed by atoms with Gasteiger partial charge in [0.05, 0.1) is 21.7 Å². The van der Waals surface area contributed by atoms with Gasteiger partial charge in [-0.3, -0.25) is 9.59 Å². The molecule has 0 saturated heterocycles. The largest absolute Gasteiger partial charge is 0.743 e. The van der Waals surface area contributed by atoms with Crippen LogP contribution in [0.5, 0.6) is 0 Å². The summed E-state index contributed by atoms with van der Waals surface area (Å²) in [5, 5.41) is -11.6. The fourth-order valence-corrected chi connectivity index (χ4v) is 11.1. The summed E-state index contributed by atoms with van der Waals surface area (Å²) >= 11 is -0.0703. The Morgan fingerprint density at radius 1 is 0.440 bits per heavy atom. The molecule has 0 bridgehead atoms. The van der Waals surface area contributed by atoms with Gasteiger partial charge in [-0.05, 0) is 123 Å². The van der Waals surface area contributed by atoms with Crippen molar-refractivity contribution >= 4 is 43.1 Å². The van der Waals surface area contributed by atoms with Crippen LogP contribution in [-0.4, -0.2) is 72.9 Å². The maximum atomic E-state index is 13.0. The number of carbonyl (C=O) groups is 2. The summed E-state index contributed by atoms with van der Waals surface area (Å²) in [7, 11) is -13.3. The van der Waals surface area contributed by atoms with Gasteiger partial charge in [0, 0.05) is 0 Å².